The van der Waals surface area contributed by atoms with Crippen LogP contribution in [-0.2, 0) is 11.2 Å². The first kappa shape index (κ1) is 18.0. The van der Waals surface area contributed by atoms with E-state index in [1.165, 1.54) is 0 Å². The van der Waals surface area contributed by atoms with Gasteiger partial charge in [0.15, 0.2) is 0 Å². The Labute approximate surface area is 143 Å². The van der Waals surface area contributed by atoms with E-state index in [-0.39, 0.29) is 18.1 Å². The molecule has 0 aliphatic carbocycles. The molecule has 0 bridgehead atoms. The fourth-order valence-electron chi connectivity index (χ4n) is 2.87. The first-order valence-electron chi connectivity index (χ1n) is 7.97. The Hall–Kier alpha value is -1.30. The molecule has 6 heteroatoms. The van der Waals surface area contributed by atoms with E-state index in [9.17, 15) is 4.79 Å². The van der Waals surface area contributed by atoms with Gasteiger partial charge in [-0.15, -0.1) is 0 Å². The third-order valence-corrected chi connectivity index (χ3v) is 4.43. The average Bonchev–Trinajstić information content (AvgIpc) is 2.94. The molecule has 1 aliphatic rings. The van der Waals surface area contributed by atoms with Gasteiger partial charge < -0.3 is 9.64 Å². The lowest BCUT2D eigenvalue weighted by molar-refractivity contribution is 0.0285. The number of likely N-dealkylation sites (tertiary alicyclic amines) is 1. The molecule has 3 N–H and O–H groups in total. The summed E-state index contributed by atoms with van der Waals surface area (Å²) in [7, 11) is 0. The van der Waals surface area contributed by atoms with Crippen molar-refractivity contribution < 1.29 is 9.53 Å². The summed E-state index contributed by atoms with van der Waals surface area (Å²) in [6, 6.07) is 7.84. The summed E-state index contributed by atoms with van der Waals surface area (Å²) in [5.74, 6) is 6.03. The molecule has 1 heterocycles. The van der Waals surface area contributed by atoms with Crippen LogP contribution in [0.15, 0.2) is 24.3 Å². The van der Waals surface area contributed by atoms with E-state index in [1.54, 1.807) is 4.90 Å². The van der Waals surface area contributed by atoms with Crippen LogP contribution in [-0.4, -0.2) is 35.7 Å². The standard InChI is InChI=1S/C17H26ClN3O2/c1-17(2,3)23-16(22)21-9-8-13(11-21)15(20-19)10-12-6-4-5-7-14(12)18/h4-7,13,15,20H,8-11,19H2,1-3H3. The molecule has 2 unspecified atom stereocenters. The number of amides is 1. The highest BCUT2D eigenvalue weighted by atomic mass is 35.5. The van der Waals surface area contributed by atoms with Crippen molar-refractivity contribution in [1.82, 2.24) is 10.3 Å². The van der Waals surface area contributed by atoms with Crippen LogP contribution in [0, 0.1) is 5.92 Å². The van der Waals surface area contributed by atoms with Gasteiger partial charge >= 0.3 is 6.09 Å². The number of ether oxygens (including phenoxy) is 1. The van der Waals surface area contributed by atoms with Gasteiger partial charge in [-0.25, -0.2) is 4.79 Å². The predicted molar refractivity (Wildman–Crippen MR) is 92.2 cm³/mol. The highest BCUT2D eigenvalue weighted by molar-refractivity contribution is 6.31. The molecule has 23 heavy (non-hydrogen) atoms. The normalized spacial score (nSPS) is 19.7. The van der Waals surface area contributed by atoms with Crippen LogP contribution in [0.3, 0.4) is 0 Å². The molecule has 0 saturated carbocycles. The Balaban J connectivity index is 1.96. The van der Waals surface area contributed by atoms with Crippen molar-refractivity contribution in [2.45, 2.75) is 45.3 Å². The van der Waals surface area contributed by atoms with Crippen LogP contribution in [0.25, 0.3) is 0 Å². The molecule has 2 atom stereocenters. The summed E-state index contributed by atoms with van der Waals surface area (Å²) in [5.41, 5.74) is 3.48. The monoisotopic (exact) mass is 339 g/mol. The molecule has 1 fully saturated rings. The lowest BCUT2D eigenvalue weighted by Gasteiger charge is -2.26. The summed E-state index contributed by atoms with van der Waals surface area (Å²) in [6.07, 6.45) is 1.38. The van der Waals surface area contributed by atoms with Crippen molar-refractivity contribution >= 4 is 17.7 Å². The number of benzene rings is 1. The van der Waals surface area contributed by atoms with E-state index in [0.717, 1.165) is 23.4 Å². The number of nitrogens with one attached hydrogen (secondary N) is 1. The van der Waals surface area contributed by atoms with Gasteiger partial charge in [0.2, 0.25) is 0 Å². The Morgan fingerprint density at radius 3 is 2.78 bits per heavy atom. The summed E-state index contributed by atoms with van der Waals surface area (Å²) < 4.78 is 5.43. The first-order valence-corrected chi connectivity index (χ1v) is 8.35. The van der Waals surface area contributed by atoms with Gasteiger partial charge in [-0.2, -0.15) is 0 Å². The van der Waals surface area contributed by atoms with Crippen LogP contribution in [0.5, 0.6) is 0 Å². The molecule has 2 rings (SSSR count). The van der Waals surface area contributed by atoms with Gasteiger partial charge in [0.1, 0.15) is 5.60 Å². The number of hydrogen-bond donors (Lipinski definition) is 2. The van der Waals surface area contributed by atoms with Gasteiger partial charge in [0.05, 0.1) is 0 Å². The lowest BCUT2D eigenvalue weighted by Crippen LogP contribution is -2.44. The summed E-state index contributed by atoms with van der Waals surface area (Å²) >= 11 is 6.23. The van der Waals surface area contributed by atoms with Crippen molar-refractivity contribution in [2.75, 3.05) is 13.1 Å². The molecule has 1 saturated heterocycles. The van der Waals surface area contributed by atoms with E-state index in [2.05, 4.69) is 5.43 Å². The molecule has 0 aromatic heterocycles. The molecule has 1 aromatic carbocycles. The average molecular weight is 340 g/mol. The fraction of sp³-hybridized carbons (Fsp3) is 0.588. The van der Waals surface area contributed by atoms with E-state index in [1.807, 2.05) is 45.0 Å². The highest BCUT2D eigenvalue weighted by Crippen LogP contribution is 2.25. The largest absolute Gasteiger partial charge is 0.444 e. The molecule has 0 spiro atoms. The second-order valence-corrected chi connectivity index (χ2v) is 7.45. The molecule has 1 amide bonds. The van der Waals surface area contributed by atoms with Crippen LogP contribution in [0.1, 0.15) is 32.8 Å². The minimum atomic E-state index is -0.474. The number of rotatable bonds is 4. The Kier molecular flexibility index (Phi) is 5.89. The maximum atomic E-state index is 12.2. The van der Waals surface area contributed by atoms with Crippen LogP contribution in [0.2, 0.25) is 5.02 Å². The smallest absolute Gasteiger partial charge is 0.410 e. The number of carbonyl (C=O) groups excluding carboxylic acids is 1. The molecule has 0 radical (unpaired) electrons. The van der Waals surface area contributed by atoms with Crippen LogP contribution < -0.4 is 11.3 Å². The Morgan fingerprint density at radius 1 is 1.48 bits per heavy atom. The van der Waals surface area contributed by atoms with Crippen molar-refractivity contribution in [3.05, 3.63) is 34.9 Å². The zero-order chi connectivity index (χ0) is 17.0. The minimum Gasteiger partial charge on any atom is -0.444 e. The molecule has 1 aromatic rings. The van der Waals surface area contributed by atoms with E-state index >= 15 is 0 Å². The number of carbonyl (C=O) groups is 1. The van der Waals surface area contributed by atoms with Gasteiger partial charge in [0, 0.05) is 24.2 Å². The van der Waals surface area contributed by atoms with Crippen molar-refractivity contribution in [1.29, 1.82) is 0 Å². The van der Waals surface area contributed by atoms with Crippen molar-refractivity contribution in [3.63, 3.8) is 0 Å². The summed E-state index contributed by atoms with van der Waals surface area (Å²) in [6.45, 7) is 6.97. The predicted octanol–water partition coefficient (Wildman–Crippen LogP) is 2.97. The summed E-state index contributed by atoms with van der Waals surface area (Å²) in [5, 5.41) is 0.745. The molecule has 128 valence electrons. The maximum absolute atomic E-state index is 12.2. The van der Waals surface area contributed by atoms with E-state index in [0.29, 0.717) is 13.1 Å². The highest BCUT2D eigenvalue weighted by Gasteiger charge is 2.33. The SMILES string of the molecule is CC(C)(C)OC(=O)N1CCC(C(Cc2ccccc2Cl)NN)C1. The number of nitrogens with zero attached hydrogens (tertiary/aromatic N) is 1. The quantitative estimate of drug-likeness (QED) is 0.653. The Morgan fingerprint density at radius 2 is 2.17 bits per heavy atom. The van der Waals surface area contributed by atoms with Gasteiger partial charge in [0.25, 0.3) is 0 Å². The van der Waals surface area contributed by atoms with Crippen LogP contribution in [0.4, 0.5) is 4.79 Å². The fourth-order valence-corrected chi connectivity index (χ4v) is 3.08. The zero-order valence-electron chi connectivity index (χ0n) is 14.0. The number of halogens is 1. The van der Waals surface area contributed by atoms with Gasteiger partial charge in [-0.05, 0) is 51.2 Å². The van der Waals surface area contributed by atoms with Crippen LogP contribution >= 0.6 is 11.6 Å². The molecule has 1 aliphatic heterocycles. The second-order valence-electron chi connectivity index (χ2n) is 7.04. The number of hydrazine groups is 1. The molecular weight excluding hydrogens is 314 g/mol. The van der Waals surface area contributed by atoms with E-state index in [4.69, 9.17) is 22.2 Å². The minimum absolute atomic E-state index is 0.0716. The number of hydrogen-bond acceptors (Lipinski definition) is 4. The zero-order valence-corrected chi connectivity index (χ0v) is 14.8. The second kappa shape index (κ2) is 7.51. The third-order valence-electron chi connectivity index (χ3n) is 4.06. The third kappa shape index (κ3) is 5.09. The molecule has 5 nitrogen and oxygen atoms in total. The number of nitrogens with two attached hydrogens (primary N) is 1. The Bertz CT molecular complexity index is 545. The van der Waals surface area contributed by atoms with Gasteiger partial charge in [-0.3, -0.25) is 11.3 Å². The summed E-state index contributed by atoms with van der Waals surface area (Å²) in [4.78, 5) is 13.9. The van der Waals surface area contributed by atoms with E-state index < -0.39 is 5.60 Å². The van der Waals surface area contributed by atoms with Crippen molar-refractivity contribution in [2.24, 2.45) is 11.8 Å². The lowest BCUT2D eigenvalue weighted by atomic mass is 9.93. The maximum Gasteiger partial charge on any atom is 0.410 e. The molecular formula is C17H26ClN3O2. The van der Waals surface area contributed by atoms with Gasteiger partial charge in [-0.1, -0.05) is 29.8 Å². The topological polar surface area (TPSA) is 67.6 Å². The van der Waals surface area contributed by atoms with Crippen molar-refractivity contribution in [3.8, 4) is 0 Å². The first-order chi connectivity index (χ1) is 10.8.